The lowest BCUT2D eigenvalue weighted by Gasteiger charge is -2.42. The highest BCUT2D eigenvalue weighted by molar-refractivity contribution is 7.10. The van der Waals surface area contributed by atoms with Crippen molar-refractivity contribution in [3.63, 3.8) is 0 Å². The number of piperidine rings is 1. The summed E-state index contributed by atoms with van der Waals surface area (Å²) in [6.45, 7) is 1.39. The molecule has 1 atom stereocenters. The Bertz CT molecular complexity index is 775. The number of nitrogens with one attached hydrogen (secondary N) is 1. The van der Waals surface area contributed by atoms with Crippen LogP contribution in [-0.4, -0.2) is 45.1 Å². The van der Waals surface area contributed by atoms with Crippen molar-refractivity contribution in [2.75, 3.05) is 13.1 Å². The van der Waals surface area contributed by atoms with E-state index in [9.17, 15) is 9.59 Å². The number of aromatic nitrogens is 2. The van der Waals surface area contributed by atoms with Crippen LogP contribution in [0.25, 0.3) is 0 Å². The van der Waals surface area contributed by atoms with Crippen LogP contribution in [0.2, 0.25) is 0 Å². The molecule has 6 nitrogen and oxygen atoms in total. The van der Waals surface area contributed by atoms with E-state index in [1.165, 1.54) is 0 Å². The fraction of sp³-hybridized carbons (Fsp3) is 0.500. The molecule has 1 spiro atoms. The Hall–Kier alpha value is -2.15. The van der Waals surface area contributed by atoms with Crippen molar-refractivity contribution < 1.29 is 9.59 Å². The predicted octanol–water partition coefficient (Wildman–Crippen LogP) is 1.69. The topological polar surface area (TPSA) is 67.2 Å². The van der Waals surface area contributed by atoms with Crippen LogP contribution in [0.4, 0.5) is 0 Å². The number of hydrogen-bond donors (Lipinski definition) is 1. The SMILES string of the molecule is Cn1cc(C2CC(=O)NC23CCN(C(=O)Cc2cccs2)CC3)cn1. The summed E-state index contributed by atoms with van der Waals surface area (Å²) in [5.41, 5.74) is 0.874. The number of likely N-dealkylation sites (tertiary alicyclic amines) is 1. The van der Waals surface area contributed by atoms with Gasteiger partial charge in [0.25, 0.3) is 0 Å². The number of nitrogens with zero attached hydrogens (tertiary/aromatic N) is 3. The molecule has 2 amide bonds. The molecule has 0 saturated carbocycles. The molecule has 4 heterocycles. The second-order valence-electron chi connectivity index (χ2n) is 7.05. The standard InChI is InChI=1S/C18H22N4O2S/c1-21-12-13(11-19-21)15-10-16(23)20-18(15)4-6-22(7-5-18)17(24)9-14-3-2-8-25-14/h2-3,8,11-12,15H,4-7,9-10H2,1H3,(H,20,23). The third-order valence-corrected chi connectivity index (χ3v) is 6.36. The van der Waals surface area contributed by atoms with Crippen LogP contribution in [0.3, 0.4) is 0 Å². The number of carbonyl (C=O) groups is 2. The number of carbonyl (C=O) groups excluding carboxylic acids is 2. The first kappa shape index (κ1) is 16.3. The first-order chi connectivity index (χ1) is 12.1. The van der Waals surface area contributed by atoms with Crippen LogP contribution in [0.5, 0.6) is 0 Å². The van der Waals surface area contributed by atoms with Gasteiger partial charge in [-0.2, -0.15) is 5.10 Å². The molecule has 0 aliphatic carbocycles. The van der Waals surface area contributed by atoms with Gasteiger partial charge < -0.3 is 10.2 Å². The summed E-state index contributed by atoms with van der Waals surface area (Å²) in [5.74, 6) is 0.426. The molecule has 2 aromatic heterocycles. The molecule has 1 N–H and O–H groups in total. The van der Waals surface area contributed by atoms with E-state index in [2.05, 4.69) is 10.4 Å². The van der Waals surface area contributed by atoms with Gasteiger partial charge in [0.05, 0.1) is 18.2 Å². The quantitative estimate of drug-likeness (QED) is 0.908. The fourth-order valence-electron chi connectivity index (χ4n) is 4.16. The number of thiophene rings is 1. The van der Waals surface area contributed by atoms with E-state index in [1.54, 1.807) is 16.0 Å². The average Bonchev–Trinajstić information content (AvgIpc) is 3.30. The number of hydrogen-bond acceptors (Lipinski definition) is 4. The number of aryl methyl sites for hydroxylation is 1. The van der Waals surface area contributed by atoms with E-state index in [0.717, 1.165) is 23.3 Å². The summed E-state index contributed by atoms with van der Waals surface area (Å²) in [4.78, 5) is 27.7. The van der Waals surface area contributed by atoms with E-state index in [-0.39, 0.29) is 23.3 Å². The minimum atomic E-state index is -0.236. The zero-order chi connectivity index (χ0) is 17.4. The lowest BCUT2D eigenvalue weighted by molar-refractivity contribution is -0.132. The lowest BCUT2D eigenvalue weighted by atomic mass is 9.75. The van der Waals surface area contributed by atoms with Gasteiger partial charge in [-0.25, -0.2) is 0 Å². The Kier molecular flexibility index (Phi) is 4.11. The van der Waals surface area contributed by atoms with E-state index < -0.39 is 0 Å². The van der Waals surface area contributed by atoms with Crippen molar-refractivity contribution in [2.45, 2.75) is 37.1 Å². The van der Waals surface area contributed by atoms with Crippen LogP contribution < -0.4 is 5.32 Å². The minimum absolute atomic E-state index is 0.104. The highest BCUT2D eigenvalue weighted by Gasteiger charge is 2.49. The second kappa shape index (κ2) is 6.29. The van der Waals surface area contributed by atoms with Gasteiger partial charge in [0.1, 0.15) is 0 Å². The first-order valence-electron chi connectivity index (χ1n) is 8.65. The third kappa shape index (κ3) is 3.08. The van der Waals surface area contributed by atoms with E-state index in [1.807, 2.05) is 41.9 Å². The van der Waals surface area contributed by atoms with Crippen LogP contribution in [0, 0.1) is 0 Å². The molecule has 2 aromatic rings. The van der Waals surface area contributed by atoms with Crippen molar-refractivity contribution in [2.24, 2.45) is 7.05 Å². The predicted molar refractivity (Wildman–Crippen MR) is 95.3 cm³/mol. The summed E-state index contributed by atoms with van der Waals surface area (Å²) in [5, 5.41) is 9.48. The largest absolute Gasteiger partial charge is 0.350 e. The van der Waals surface area contributed by atoms with Gasteiger partial charge in [-0.05, 0) is 29.9 Å². The molecule has 0 bridgehead atoms. The average molecular weight is 358 g/mol. The molecule has 0 radical (unpaired) electrons. The molecule has 2 fully saturated rings. The van der Waals surface area contributed by atoms with Gasteiger partial charge in [0.15, 0.2) is 0 Å². The van der Waals surface area contributed by atoms with Crippen LogP contribution >= 0.6 is 11.3 Å². The van der Waals surface area contributed by atoms with Crippen LogP contribution in [-0.2, 0) is 23.1 Å². The summed E-state index contributed by atoms with van der Waals surface area (Å²) in [6.07, 6.45) is 6.45. The van der Waals surface area contributed by atoms with Crippen molar-refractivity contribution in [1.82, 2.24) is 20.0 Å². The fourth-order valence-corrected chi connectivity index (χ4v) is 4.85. The maximum absolute atomic E-state index is 12.5. The first-order valence-corrected chi connectivity index (χ1v) is 9.53. The monoisotopic (exact) mass is 358 g/mol. The van der Waals surface area contributed by atoms with Crippen molar-refractivity contribution in [1.29, 1.82) is 0 Å². The van der Waals surface area contributed by atoms with E-state index in [0.29, 0.717) is 25.9 Å². The summed E-state index contributed by atoms with van der Waals surface area (Å²) >= 11 is 1.62. The molecule has 25 heavy (non-hydrogen) atoms. The Balaban J connectivity index is 1.45. The van der Waals surface area contributed by atoms with Crippen molar-refractivity contribution in [3.05, 3.63) is 40.3 Å². The molecular formula is C18H22N4O2S. The Morgan fingerprint density at radius 1 is 1.44 bits per heavy atom. The zero-order valence-electron chi connectivity index (χ0n) is 14.3. The van der Waals surface area contributed by atoms with Gasteiger partial charge in [-0.15, -0.1) is 11.3 Å². The lowest BCUT2D eigenvalue weighted by Crippen LogP contribution is -2.54. The summed E-state index contributed by atoms with van der Waals surface area (Å²) in [7, 11) is 1.90. The highest BCUT2D eigenvalue weighted by atomic mass is 32.1. The van der Waals surface area contributed by atoms with Crippen molar-refractivity contribution >= 4 is 23.2 Å². The third-order valence-electron chi connectivity index (χ3n) is 5.49. The zero-order valence-corrected chi connectivity index (χ0v) is 15.1. The Morgan fingerprint density at radius 2 is 2.24 bits per heavy atom. The second-order valence-corrected chi connectivity index (χ2v) is 8.08. The van der Waals surface area contributed by atoms with E-state index in [4.69, 9.17) is 0 Å². The molecule has 1 unspecified atom stereocenters. The summed E-state index contributed by atoms with van der Waals surface area (Å²) in [6, 6.07) is 3.98. The molecule has 2 aliphatic rings. The molecule has 0 aromatic carbocycles. The van der Waals surface area contributed by atoms with Gasteiger partial charge >= 0.3 is 0 Å². The van der Waals surface area contributed by atoms with Crippen LogP contribution in [0.1, 0.15) is 35.6 Å². The summed E-state index contributed by atoms with van der Waals surface area (Å²) < 4.78 is 1.78. The van der Waals surface area contributed by atoms with Gasteiger partial charge in [0, 0.05) is 43.5 Å². The molecule has 132 valence electrons. The maximum Gasteiger partial charge on any atom is 0.227 e. The van der Waals surface area contributed by atoms with Crippen LogP contribution in [0.15, 0.2) is 29.9 Å². The Labute approximate surface area is 150 Å². The molecular weight excluding hydrogens is 336 g/mol. The van der Waals surface area contributed by atoms with Gasteiger partial charge in [-0.1, -0.05) is 6.07 Å². The maximum atomic E-state index is 12.5. The molecule has 2 saturated heterocycles. The molecule has 2 aliphatic heterocycles. The highest BCUT2D eigenvalue weighted by Crippen LogP contribution is 2.43. The number of amides is 2. The van der Waals surface area contributed by atoms with E-state index >= 15 is 0 Å². The molecule has 7 heteroatoms. The van der Waals surface area contributed by atoms with Crippen molar-refractivity contribution in [3.8, 4) is 0 Å². The van der Waals surface area contributed by atoms with Gasteiger partial charge in [0.2, 0.25) is 11.8 Å². The number of rotatable bonds is 3. The smallest absolute Gasteiger partial charge is 0.227 e. The normalized spacial score (nSPS) is 22.4. The molecule has 4 rings (SSSR count). The van der Waals surface area contributed by atoms with Gasteiger partial charge in [-0.3, -0.25) is 14.3 Å². The Morgan fingerprint density at radius 3 is 2.88 bits per heavy atom. The minimum Gasteiger partial charge on any atom is -0.350 e.